The lowest BCUT2D eigenvalue weighted by molar-refractivity contribution is 0.743. The van der Waals surface area contributed by atoms with E-state index < -0.39 is 0 Å². The Morgan fingerprint density at radius 1 is 1.20 bits per heavy atom. The maximum Gasteiger partial charge on any atom is 0.0512 e. The molecule has 0 atom stereocenters. The first-order valence-electron chi connectivity index (χ1n) is 5.49. The molecule has 0 saturated carbocycles. The van der Waals surface area contributed by atoms with Gasteiger partial charge in [-0.1, -0.05) is 13.8 Å². The molecule has 0 aromatic heterocycles. The predicted octanol–water partition coefficient (Wildman–Crippen LogP) is 3.66. The Morgan fingerprint density at radius 2 is 1.80 bits per heavy atom. The number of benzene rings is 1. The van der Waals surface area contributed by atoms with E-state index in [1.165, 1.54) is 5.69 Å². The molecular formula is C12H19BrN2. The molecule has 0 spiro atoms. The van der Waals surface area contributed by atoms with Crippen LogP contribution in [0.5, 0.6) is 0 Å². The van der Waals surface area contributed by atoms with Crippen LogP contribution in [0.15, 0.2) is 22.7 Å². The summed E-state index contributed by atoms with van der Waals surface area (Å²) in [6, 6.07) is 6.01. The number of rotatable bonds is 5. The Kier molecular flexibility index (Phi) is 4.95. The Hall–Kier alpha value is -0.700. The minimum Gasteiger partial charge on any atom is -0.399 e. The highest BCUT2D eigenvalue weighted by Gasteiger charge is 2.08. The second kappa shape index (κ2) is 6.01. The van der Waals surface area contributed by atoms with Gasteiger partial charge in [-0.15, -0.1) is 0 Å². The molecule has 84 valence electrons. The number of anilines is 2. The van der Waals surface area contributed by atoms with Crippen molar-refractivity contribution in [2.24, 2.45) is 0 Å². The number of nitrogen functional groups attached to an aromatic ring is 1. The third-order valence-electron chi connectivity index (χ3n) is 2.30. The van der Waals surface area contributed by atoms with E-state index in [0.717, 1.165) is 36.1 Å². The summed E-state index contributed by atoms with van der Waals surface area (Å²) in [6.45, 7) is 6.59. The number of nitrogens with zero attached hydrogens (tertiary/aromatic N) is 1. The Bertz CT molecular complexity index is 306. The van der Waals surface area contributed by atoms with Gasteiger partial charge in [0.2, 0.25) is 0 Å². The van der Waals surface area contributed by atoms with Crippen molar-refractivity contribution >= 4 is 27.3 Å². The van der Waals surface area contributed by atoms with Crippen molar-refractivity contribution in [3.05, 3.63) is 22.7 Å². The van der Waals surface area contributed by atoms with Gasteiger partial charge in [0.05, 0.1) is 5.69 Å². The fourth-order valence-corrected chi connectivity index (χ4v) is 2.32. The number of hydrogen-bond donors (Lipinski definition) is 1. The van der Waals surface area contributed by atoms with Crippen LogP contribution in [0.3, 0.4) is 0 Å². The summed E-state index contributed by atoms with van der Waals surface area (Å²) in [5.41, 5.74) is 7.77. The number of hydrogen-bond acceptors (Lipinski definition) is 2. The predicted molar refractivity (Wildman–Crippen MR) is 71.3 cm³/mol. The highest BCUT2D eigenvalue weighted by Crippen LogP contribution is 2.28. The van der Waals surface area contributed by atoms with Crippen LogP contribution in [0.25, 0.3) is 0 Å². The van der Waals surface area contributed by atoms with Crippen LogP contribution in [-0.4, -0.2) is 13.1 Å². The van der Waals surface area contributed by atoms with Crippen molar-refractivity contribution in [2.75, 3.05) is 23.7 Å². The van der Waals surface area contributed by atoms with Gasteiger partial charge in [0, 0.05) is 23.2 Å². The first-order valence-corrected chi connectivity index (χ1v) is 6.28. The molecule has 0 aliphatic heterocycles. The van der Waals surface area contributed by atoms with Gasteiger partial charge in [-0.2, -0.15) is 0 Å². The molecule has 0 radical (unpaired) electrons. The maximum atomic E-state index is 5.73. The summed E-state index contributed by atoms with van der Waals surface area (Å²) >= 11 is 3.57. The average molecular weight is 271 g/mol. The average Bonchev–Trinajstić information content (AvgIpc) is 2.17. The van der Waals surface area contributed by atoms with Crippen molar-refractivity contribution in [3.63, 3.8) is 0 Å². The van der Waals surface area contributed by atoms with Crippen molar-refractivity contribution in [2.45, 2.75) is 26.7 Å². The van der Waals surface area contributed by atoms with E-state index in [0.29, 0.717) is 0 Å². The molecule has 3 heteroatoms. The molecule has 0 amide bonds. The van der Waals surface area contributed by atoms with Crippen LogP contribution in [0, 0.1) is 0 Å². The van der Waals surface area contributed by atoms with E-state index in [2.05, 4.69) is 40.7 Å². The third-order valence-corrected chi connectivity index (χ3v) is 2.93. The van der Waals surface area contributed by atoms with Crippen molar-refractivity contribution in [1.82, 2.24) is 0 Å². The normalized spacial score (nSPS) is 10.3. The molecule has 1 aromatic rings. The molecule has 1 aromatic carbocycles. The van der Waals surface area contributed by atoms with Gasteiger partial charge in [0.15, 0.2) is 0 Å². The van der Waals surface area contributed by atoms with E-state index in [1.807, 2.05) is 12.1 Å². The van der Waals surface area contributed by atoms with Gasteiger partial charge >= 0.3 is 0 Å². The summed E-state index contributed by atoms with van der Waals surface area (Å²) in [4.78, 5) is 2.39. The van der Waals surface area contributed by atoms with Crippen LogP contribution < -0.4 is 10.6 Å². The van der Waals surface area contributed by atoms with Crippen molar-refractivity contribution < 1.29 is 0 Å². The molecule has 0 bridgehead atoms. The van der Waals surface area contributed by atoms with E-state index >= 15 is 0 Å². The second-order valence-corrected chi connectivity index (χ2v) is 4.55. The summed E-state index contributed by atoms with van der Waals surface area (Å²) in [6.07, 6.45) is 2.33. The molecular weight excluding hydrogens is 252 g/mol. The highest BCUT2D eigenvalue weighted by molar-refractivity contribution is 9.10. The molecule has 0 saturated heterocycles. The number of halogens is 1. The zero-order valence-corrected chi connectivity index (χ0v) is 11.0. The SMILES string of the molecule is CCCN(CCC)c1ccc(N)cc1Br. The lowest BCUT2D eigenvalue weighted by Crippen LogP contribution is -2.25. The van der Waals surface area contributed by atoms with E-state index in [4.69, 9.17) is 5.73 Å². The lowest BCUT2D eigenvalue weighted by atomic mass is 10.2. The maximum absolute atomic E-state index is 5.73. The van der Waals surface area contributed by atoms with E-state index in [9.17, 15) is 0 Å². The molecule has 2 nitrogen and oxygen atoms in total. The molecule has 15 heavy (non-hydrogen) atoms. The van der Waals surface area contributed by atoms with Gasteiger partial charge in [-0.3, -0.25) is 0 Å². The van der Waals surface area contributed by atoms with Gasteiger partial charge < -0.3 is 10.6 Å². The summed E-state index contributed by atoms with van der Waals surface area (Å²) < 4.78 is 1.09. The standard InChI is InChI=1S/C12H19BrN2/c1-3-7-15(8-4-2)12-6-5-10(14)9-11(12)13/h5-6,9H,3-4,7-8,14H2,1-2H3. The molecule has 0 aliphatic carbocycles. The summed E-state index contributed by atoms with van der Waals surface area (Å²) in [5, 5.41) is 0. The molecule has 0 heterocycles. The van der Waals surface area contributed by atoms with Gasteiger partial charge in [0.1, 0.15) is 0 Å². The van der Waals surface area contributed by atoms with Crippen LogP contribution >= 0.6 is 15.9 Å². The first-order chi connectivity index (χ1) is 7.19. The van der Waals surface area contributed by atoms with Crippen molar-refractivity contribution in [1.29, 1.82) is 0 Å². The topological polar surface area (TPSA) is 29.3 Å². The van der Waals surface area contributed by atoms with E-state index in [1.54, 1.807) is 0 Å². The summed E-state index contributed by atoms with van der Waals surface area (Å²) in [7, 11) is 0. The lowest BCUT2D eigenvalue weighted by Gasteiger charge is -2.25. The zero-order chi connectivity index (χ0) is 11.3. The zero-order valence-electron chi connectivity index (χ0n) is 9.46. The highest BCUT2D eigenvalue weighted by atomic mass is 79.9. The van der Waals surface area contributed by atoms with Crippen LogP contribution in [0.2, 0.25) is 0 Å². The van der Waals surface area contributed by atoms with Crippen LogP contribution in [0.4, 0.5) is 11.4 Å². The molecule has 0 unspecified atom stereocenters. The fourth-order valence-electron chi connectivity index (χ4n) is 1.67. The number of nitrogens with two attached hydrogens (primary N) is 1. The van der Waals surface area contributed by atoms with Gasteiger partial charge in [0.25, 0.3) is 0 Å². The second-order valence-electron chi connectivity index (χ2n) is 3.70. The summed E-state index contributed by atoms with van der Waals surface area (Å²) in [5.74, 6) is 0. The molecule has 0 fully saturated rings. The minimum absolute atomic E-state index is 0.804. The van der Waals surface area contributed by atoms with Crippen molar-refractivity contribution in [3.8, 4) is 0 Å². The molecule has 1 rings (SSSR count). The Morgan fingerprint density at radius 3 is 2.27 bits per heavy atom. The smallest absolute Gasteiger partial charge is 0.0512 e. The first kappa shape index (κ1) is 12.4. The fraction of sp³-hybridized carbons (Fsp3) is 0.500. The largest absolute Gasteiger partial charge is 0.399 e. The van der Waals surface area contributed by atoms with Gasteiger partial charge in [-0.25, -0.2) is 0 Å². The molecule has 2 N–H and O–H groups in total. The quantitative estimate of drug-likeness (QED) is 0.828. The van der Waals surface area contributed by atoms with Crippen LogP contribution in [0.1, 0.15) is 26.7 Å². The Balaban J connectivity index is 2.89. The molecule has 0 aliphatic rings. The Labute approximate surface area is 101 Å². The van der Waals surface area contributed by atoms with Crippen LogP contribution in [-0.2, 0) is 0 Å². The van der Waals surface area contributed by atoms with Gasteiger partial charge in [-0.05, 0) is 47.0 Å². The minimum atomic E-state index is 0.804. The van der Waals surface area contributed by atoms with E-state index in [-0.39, 0.29) is 0 Å². The third kappa shape index (κ3) is 3.42. The monoisotopic (exact) mass is 270 g/mol.